The lowest BCUT2D eigenvalue weighted by atomic mass is 9.94. The van der Waals surface area contributed by atoms with Crippen molar-refractivity contribution >= 4 is 11.9 Å². The van der Waals surface area contributed by atoms with E-state index >= 15 is 0 Å². The fraction of sp³-hybridized carbons (Fsp3) is 0.867. The highest BCUT2D eigenvalue weighted by atomic mass is 16.4. The predicted molar refractivity (Wildman–Crippen MR) is 76.4 cm³/mol. The third-order valence-electron chi connectivity index (χ3n) is 4.56. The summed E-state index contributed by atoms with van der Waals surface area (Å²) in [4.78, 5) is 24.5. The quantitative estimate of drug-likeness (QED) is 0.777. The molecule has 1 saturated carbocycles. The zero-order valence-electron chi connectivity index (χ0n) is 12.1. The average molecular weight is 282 g/mol. The second-order valence-corrected chi connectivity index (χ2v) is 6.14. The number of hydrogen-bond acceptors (Lipinski definition) is 3. The molecule has 2 fully saturated rings. The SMILES string of the molecule is O=C(O)CCC(=O)NC[C@H]1CCN(C2CCCCC2)C1. The Kier molecular flexibility index (Phi) is 5.83. The van der Waals surface area contributed by atoms with E-state index in [1.54, 1.807) is 0 Å². The molecule has 2 N–H and O–H groups in total. The Morgan fingerprint density at radius 1 is 1.10 bits per heavy atom. The molecule has 0 radical (unpaired) electrons. The van der Waals surface area contributed by atoms with Crippen molar-refractivity contribution in [3.05, 3.63) is 0 Å². The number of hydrogen-bond donors (Lipinski definition) is 2. The molecule has 0 unspecified atom stereocenters. The van der Waals surface area contributed by atoms with Crippen LogP contribution in [0, 0.1) is 5.92 Å². The first-order chi connectivity index (χ1) is 9.65. The molecular weight excluding hydrogens is 256 g/mol. The highest BCUT2D eigenvalue weighted by Crippen LogP contribution is 2.27. The first kappa shape index (κ1) is 15.3. The molecule has 5 heteroatoms. The van der Waals surface area contributed by atoms with Gasteiger partial charge in [-0.25, -0.2) is 0 Å². The molecule has 0 spiro atoms. The van der Waals surface area contributed by atoms with Crippen molar-refractivity contribution in [2.24, 2.45) is 5.92 Å². The summed E-state index contributed by atoms with van der Waals surface area (Å²) in [5, 5.41) is 11.4. The number of nitrogens with one attached hydrogen (secondary N) is 1. The minimum Gasteiger partial charge on any atom is -0.481 e. The van der Waals surface area contributed by atoms with Crippen LogP contribution < -0.4 is 5.32 Å². The zero-order valence-corrected chi connectivity index (χ0v) is 12.1. The Morgan fingerprint density at radius 3 is 2.55 bits per heavy atom. The second kappa shape index (κ2) is 7.62. The number of likely N-dealkylation sites (tertiary alicyclic amines) is 1. The average Bonchev–Trinajstić information content (AvgIpc) is 2.93. The van der Waals surface area contributed by atoms with Gasteiger partial charge in [0.15, 0.2) is 0 Å². The lowest BCUT2D eigenvalue weighted by Gasteiger charge is -2.31. The van der Waals surface area contributed by atoms with Crippen LogP contribution >= 0.6 is 0 Å². The molecule has 114 valence electrons. The van der Waals surface area contributed by atoms with E-state index in [0.29, 0.717) is 12.5 Å². The van der Waals surface area contributed by atoms with Crippen LogP contribution in [-0.2, 0) is 9.59 Å². The van der Waals surface area contributed by atoms with Gasteiger partial charge in [0.25, 0.3) is 0 Å². The van der Waals surface area contributed by atoms with E-state index in [9.17, 15) is 9.59 Å². The first-order valence-corrected chi connectivity index (χ1v) is 7.87. The minimum absolute atomic E-state index is 0.0787. The zero-order chi connectivity index (χ0) is 14.4. The van der Waals surface area contributed by atoms with Crippen molar-refractivity contribution in [3.63, 3.8) is 0 Å². The molecule has 20 heavy (non-hydrogen) atoms. The van der Waals surface area contributed by atoms with Crippen LogP contribution in [0.4, 0.5) is 0 Å². The number of rotatable bonds is 6. The summed E-state index contributed by atoms with van der Waals surface area (Å²) in [5.41, 5.74) is 0. The lowest BCUT2D eigenvalue weighted by Crippen LogP contribution is -2.36. The third-order valence-corrected chi connectivity index (χ3v) is 4.56. The summed E-state index contributed by atoms with van der Waals surface area (Å²) in [6, 6.07) is 0.761. The molecule has 0 aromatic rings. The number of amides is 1. The number of carboxylic acids is 1. The van der Waals surface area contributed by atoms with Crippen molar-refractivity contribution < 1.29 is 14.7 Å². The topological polar surface area (TPSA) is 69.6 Å². The second-order valence-electron chi connectivity index (χ2n) is 6.14. The molecular formula is C15H26N2O3. The Labute approximate surface area is 120 Å². The molecule has 0 aromatic carbocycles. The van der Waals surface area contributed by atoms with Gasteiger partial charge in [-0.05, 0) is 31.7 Å². The molecule has 1 amide bonds. The van der Waals surface area contributed by atoms with Gasteiger partial charge in [0.05, 0.1) is 6.42 Å². The number of aliphatic carboxylic acids is 1. The fourth-order valence-electron chi connectivity index (χ4n) is 3.37. The van der Waals surface area contributed by atoms with E-state index in [2.05, 4.69) is 10.2 Å². The fourth-order valence-corrected chi connectivity index (χ4v) is 3.37. The number of nitrogens with zero attached hydrogens (tertiary/aromatic N) is 1. The van der Waals surface area contributed by atoms with E-state index in [4.69, 9.17) is 5.11 Å². The molecule has 0 bridgehead atoms. The van der Waals surface area contributed by atoms with Gasteiger partial charge < -0.3 is 15.3 Å². The standard InChI is InChI=1S/C15H26N2O3/c18-14(6-7-15(19)20)16-10-12-8-9-17(11-12)13-4-2-1-3-5-13/h12-13H,1-11H2,(H,16,18)(H,19,20)/t12-/m1/s1. The van der Waals surface area contributed by atoms with E-state index < -0.39 is 5.97 Å². The smallest absolute Gasteiger partial charge is 0.303 e. The van der Waals surface area contributed by atoms with Gasteiger partial charge in [-0.1, -0.05) is 19.3 Å². The van der Waals surface area contributed by atoms with Crippen LogP contribution in [0.5, 0.6) is 0 Å². The summed E-state index contributed by atoms with van der Waals surface area (Å²) in [6.07, 6.45) is 7.92. The summed E-state index contributed by atoms with van der Waals surface area (Å²) in [7, 11) is 0. The van der Waals surface area contributed by atoms with Crippen molar-refractivity contribution in [2.45, 2.75) is 57.4 Å². The molecule has 5 nitrogen and oxygen atoms in total. The predicted octanol–water partition coefficient (Wildman–Crippen LogP) is 1.62. The van der Waals surface area contributed by atoms with Gasteiger partial charge in [0.1, 0.15) is 0 Å². The lowest BCUT2D eigenvalue weighted by molar-refractivity contribution is -0.138. The van der Waals surface area contributed by atoms with Crippen molar-refractivity contribution in [1.29, 1.82) is 0 Å². The maximum absolute atomic E-state index is 11.5. The molecule has 2 aliphatic rings. The van der Waals surface area contributed by atoms with Crippen molar-refractivity contribution in [1.82, 2.24) is 10.2 Å². The maximum Gasteiger partial charge on any atom is 0.303 e. The summed E-state index contributed by atoms with van der Waals surface area (Å²) in [6.45, 7) is 2.94. The van der Waals surface area contributed by atoms with Gasteiger partial charge in [-0.15, -0.1) is 0 Å². The Morgan fingerprint density at radius 2 is 1.85 bits per heavy atom. The molecule has 1 aliphatic carbocycles. The van der Waals surface area contributed by atoms with Gasteiger partial charge in [-0.2, -0.15) is 0 Å². The minimum atomic E-state index is -0.913. The number of carbonyl (C=O) groups excluding carboxylic acids is 1. The van der Waals surface area contributed by atoms with Crippen LogP contribution in [0.2, 0.25) is 0 Å². The molecule has 0 aromatic heterocycles. The summed E-state index contributed by atoms with van der Waals surface area (Å²) < 4.78 is 0. The van der Waals surface area contributed by atoms with Gasteiger partial charge >= 0.3 is 5.97 Å². The Balaban J connectivity index is 1.63. The molecule has 1 aliphatic heterocycles. The molecule has 1 heterocycles. The van der Waals surface area contributed by atoms with Gasteiger partial charge in [0, 0.05) is 25.6 Å². The summed E-state index contributed by atoms with van der Waals surface area (Å²) >= 11 is 0. The molecule has 1 saturated heterocycles. The van der Waals surface area contributed by atoms with Crippen LogP contribution in [0.15, 0.2) is 0 Å². The third kappa shape index (κ3) is 4.78. The van der Waals surface area contributed by atoms with E-state index in [1.165, 1.54) is 32.1 Å². The summed E-state index contributed by atoms with van der Waals surface area (Å²) in [5.74, 6) is -0.515. The van der Waals surface area contributed by atoms with Gasteiger partial charge in [-0.3, -0.25) is 9.59 Å². The van der Waals surface area contributed by atoms with Crippen LogP contribution in [-0.4, -0.2) is 47.6 Å². The largest absolute Gasteiger partial charge is 0.481 e. The number of carboxylic acid groups (broad SMARTS) is 1. The normalized spacial score (nSPS) is 24.7. The van der Waals surface area contributed by atoms with Crippen LogP contribution in [0.1, 0.15) is 51.4 Å². The van der Waals surface area contributed by atoms with Crippen LogP contribution in [0.25, 0.3) is 0 Å². The Bertz CT molecular complexity index is 340. The van der Waals surface area contributed by atoms with Gasteiger partial charge in [0.2, 0.25) is 5.91 Å². The van der Waals surface area contributed by atoms with Crippen molar-refractivity contribution in [3.8, 4) is 0 Å². The van der Waals surface area contributed by atoms with Crippen LogP contribution in [0.3, 0.4) is 0 Å². The maximum atomic E-state index is 11.5. The van der Waals surface area contributed by atoms with E-state index in [-0.39, 0.29) is 18.7 Å². The highest BCUT2D eigenvalue weighted by Gasteiger charge is 2.29. The van der Waals surface area contributed by atoms with E-state index in [0.717, 1.165) is 25.6 Å². The number of carbonyl (C=O) groups is 2. The van der Waals surface area contributed by atoms with E-state index in [1.807, 2.05) is 0 Å². The molecule has 1 atom stereocenters. The molecule has 2 rings (SSSR count). The highest BCUT2D eigenvalue weighted by molar-refractivity contribution is 5.80. The monoisotopic (exact) mass is 282 g/mol. The Hall–Kier alpha value is -1.10. The van der Waals surface area contributed by atoms with Crippen molar-refractivity contribution in [2.75, 3.05) is 19.6 Å². The first-order valence-electron chi connectivity index (χ1n) is 7.87.